The minimum Gasteiger partial charge on any atom is -0.447 e. The Hall–Kier alpha value is -3.62. The summed E-state index contributed by atoms with van der Waals surface area (Å²) in [7, 11) is 0. The standard InChI is InChI=1S/C28H30F2N4O3/c1-17(2)37-28(36)33-10-8-20(9-11-33)34-26-16-31-25(12-19(26)15-32-34)21-13-24(30)22(14-23(21)29)27(35)5-3-4-18-6-7-18/h3,5,12-18,20H,4,6-11H2,1-2H3/b5-3+. The van der Waals surface area contributed by atoms with Gasteiger partial charge >= 0.3 is 6.09 Å². The van der Waals surface area contributed by atoms with Crippen LogP contribution in [-0.2, 0) is 4.74 Å². The second-order valence-corrected chi connectivity index (χ2v) is 10.1. The predicted octanol–water partition coefficient (Wildman–Crippen LogP) is 6.10. The summed E-state index contributed by atoms with van der Waals surface area (Å²) >= 11 is 0. The molecule has 37 heavy (non-hydrogen) atoms. The molecule has 1 amide bonds. The number of halogens is 2. The van der Waals surface area contributed by atoms with Crippen molar-refractivity contribution >= 4 is 22.8 Å². The lowest BCUT2D eigenvalue weighted by Crippen LogP contribution is -2.40. The summed E-state index contributed by atoms with van der Waals surface area (Å²) < 4.78 is 36.9. The molecule has 1 aromatic carbocycles. The van der Waals surface area contributed by atoms with Gasteiger partial charge in [-0.05, 0) is 76.1 Å². The Morgan fingerprint density at radius 2 is 1.84 bits per heavy atom. The average molecular weight is 509 g/mol. The van der Waals surface area contributed by atoms with Gasteiger partial charge < -0.3 is 9.64 Å². The number of amides is 1. The molecule has 0 unspecified atom stereocenters. The first-order valence-corrected chi connectivity index (χ1v) is 12.8. The van der Waals surface area contributed by atoms with E-state index in [-0.39, 0.29) is 35.1 Å². The van der Waals surface area contributed by atoms with Gasteiger partial charge in [-0.15, -0.1) is 0 Å². The van der Waals surface area contributed by atoms with E-state index in [0.717, 1.165) is 55.1 Å². The largest absolute Gasteiger partial charge is 0.447 e. The molecule has 1 aliphatic heterocycles. The average Bonchev–Trinajstić information content (AvgIpc) is 3.60. The number of piperidine rings is 1. The van der Waals surface area contributed by atoms with Crippen LogP contribution in [0.1, 0.15) is 62.4 Å². The number of carbonyl (C=O) groups excluding carboxylic acids is 2. The van der Waals surface area contributed by atoms with Crippen molar-refractivity contribution in [1.29, 1.82) is 0 Å². The van der Waals surface area contributed by atoms with E-state index < -0.39 is 17.4 Å². The highest BCUT2D eigenvalue weighted by Crippen LogP contribution is 2.33. The van der Waals surface area contributed by atoms with Crippen molar-refractivity contribution < 1.29 is 23.1 Å². The highest BCUT2D eigenvalue weighted by molar-refractivity contribution is 6.05. The summed E-state index contributed by atoms with van der Waals surface area (Å²) in [4.78, 5) is 30.6. The number of hydrogen-bond acceptors (Lipinski definition) is 5. The van der Waals surface area contributed by atoms with Crippen molar-refractivity contribution in [3.8, 4) is 11.3 Å². The highest BCUT2D eigenvalue weighted by atomic mass is 19.1. The van der Waals surface area contributed by atoms with Crippen LogP contribution >= 0.6 is 0 Å². The molecule has 5 rings (SSSR count). The van der Waals surface area contributed by atoms with Crippen LogP contribution in [0.4, 0.5) is 13.6 Å². The second-order valence-electron chi connectivity index (χ2n) is 10.1. The fraction of sp³-hybridized carbons (Fsp3) is 0.429. The maximum Gasteiger partial charge on any atom is 0.410 e. The number of ketones is 1. The fourth-order valence-corrected chi connectivity index (χ4v) is 4.70. The van der Waals surface area contributed by atoms with Gasteiger partial charge in [0.1, 0.15) is 11.6 Å². The van der Waals surface area contributed by atoms with Gasteiger partial charge in [0, 0.05) is 24.0 Å². The van der Waals surface area contributed by atoms with Gasteiger partial charge in [-0.25, -0.2) is 13.6 Å². The topological polar surface area (TPSA) is 77.3 Å². The maximum absolute atomic E-state index is 15.0. The molecule has 0 N–H and O–H groups in total. The van der Waals surface area contributed by atoms with Crippen LogP contribution in [0.5, 0.6) is 0 Å². The van der Waals surface area contributed by atoms with Crippen LogP contribution in [0.2, 0.25) is 0 Å². The van der Waals surface area contributed by atoms with E-state index in [9.17, 15) is 18.4 Å². The van der Waals surface area contributed by atoms with Gasteiger partial charge in [-0.2, -0.15) is 5.10 Å². The Bertz CT molecular complexity index is 1350. The van der Waals surface area contributed by atoms with Gasteiger partial charge in [0.25, 0.3) is 0 Å². The highest BCUT2D eigenvalue weighted by Gasteiger charge is 2.27. The van der Waals surface area contributed by atoms with Crippen molar-refractivity contribution in [3.63, 3.8) is 0 Å². The summed E-state index contributed by atoms with van der Waals surface area (Å²) in [6.45, 7) is 4.77. The molecule has 7 nitrogen and oxygen atoms in total. The predicted molar refractivity (Wildman–Crippen MR) is 135 cm³/mol. The Labute approximate surface area is 214 Å². The summed E-state index contributed by atoms with van der Waals surface area (Å²) in [5.41, 5.74) is 0.742. The number of rotatable bonds is 7. The zero-order chi connectivity index (χ0) is 26.1. The van der Waals surface area contributed by atoms with E-state index >= 15 is 0 Å². The summed E-state index contributed by atoms with van der Waals surface area (Å²) in [5, 5.41) is 5.26. The molecule has 0 atom stereocenters. The first-order chi connectivity index (χ1) is 17.8. The van der Waals surface area contributed by atoms with Gasteiger partial charge in [0.05, 0.1) is 41.3 Å². The number of likely N-dealkylation sites (tertiary alicyclic amines) is 1. The van der Waals surface area contributed by atoms with E-state index in [1.165, 1.54) is 6.08 Å². The van der Waals surface area contributed by atoms with Crippen molar-refractivity contribution in [1.82, 2.24) is 19.7 Å². The molecule has 0 spiro atoms. The molecule has 0 bridgehead atoms. The first-order valence-electron chi connectivity index (χ1n) is 12.8. The molecule has 2 fully saturated rings. The van der Waals surface area contributed by atoms with E-state index in [1.54, 1.807) is 29.4 Å². The minimum absolute atomic E-state index is 0.0115. The quantitative estimate of drug-likeness (QED) is 0.285. The number of benzene rings is 1. The summed E-state index contributed by atoms with van der Waals surface area (Å²) in [6, 6.07) is 3.73. The fourth-order valence-electron chi connectivity index (χ4n) is 4.70. The van der Waals surface area contributed by atoms with Crippen LogP contribution in [-0.4, -0.2) is 50.7 Å². The number of ether oxygens (including phenoxy) is 1. The molecule has 0 radical (unpaired) electrons. The van der Waals surface area contributed by atoms with Gasteiger partial charge in [-0.3, -0.25) is 14.5 Å². The number of fused-ring (bicyclic) bond motifs is 1. The lowest BCUT2D eigenvalue weighted by atomic mass is 10.0. The van der Waals surface area contributed by atoms with Crippen LogP contribution in [0, 0.1) is 17.6 Å². The van der Waals surface area contributed by atoms with Crippen molar-refractivity contribution in [2.75, 3.05) is 13.1 Å². The monoisotopic (exact) mass is 508 g/mol. The molecule has 194 valence electrons. The number of pyridine rings is 1. The van der Waals surface area contributed by atoms with E-state index in [2.05, 4.69) is 10.1 Å². The van der Waals surface area contributed by atoms with Gasteiger partial charge in [-0.1, -0.05) is 6.08 Å². The maximum atomic E-state index is 15.0. The minimum atomic E-state index is -0.780. The van der Waals surface area contributed by atoms with E-state index in [4.69, 9.17) is 4.74 Å². The zero-order valence-electron chi connectivity index (χ0n) is 21.0. The second kappa shape index (κ2) is 10.4. The molecule has 2 aromatic heterocycles. The SMILES string of the molecule is CC(C)OC(=O)N1CCC(n2ncc3cc(-c4cc(F)c(C(=O)/C=C/CC5CC5)cc4F)ncc32)CC1. The van der Waals surface area contributed by atoms with Gasteiger partial charge in [0.2, 0.25) is 0 Å². The summed E-state index contributed by atoms with van der Waals surface area (Å²) in [5.74, 6) is -1.42. The van der Waals surface area contributed by atoms with Crippen LogP contribution in [0.15, 0.2) is 42.7 Å². The van der Waals surface area contributed by atoms with E-state index in [0.29, 0.717) is 19.0 Å². The smallest absolute Gasteiger partial charge is 0.410 e. The molecular formula is C28H30F2N4O3. The third-order valence-corrected chi connectivity index (χ3v) is 6.92. The van der Waals surface area contributed by atoms with Crippen LogP contribution in [0.3, 0.4) is 0 Å². The molecular weight excluding hydrogens is 478 g/mol. The Morgan fingerprint density at radius 3 is 2.54 bits per heavy atom. The molecule has 3 heterocycles. The van der Waals surface area contributed by atoms with Gasteiger partial charge in [0.15, 0.2) is 5.78 Å². The Morgan fingerprint density at radius 1 is 1.08 bits per heavy atom. The first kappa shape index (κ1) is 25.0. The molecule has 9 heteroatoms. The van der Waals surface area contributed by atoms with Crippen molar-refractivity contribution in [3.05, 3.63) is 59.9 Å². The Balaban J connectivity index is 1.31. The van der Waals surface area contributed by atoms with Crippen molar-refractivity contribution in [2.45, 2.75) is 58.1 Å². The molecule has 1 saturated heterocycles. The van der Waals surface area contributed by atoms with Crippen LogP contribution < -0.4 is 0 Å². The molecule has 1 saturated carbocycles. The lowest BCUT2D eigenvalue weighted by molar-refractivity contribution is 0.0656. The number of carbonyl (C=O) groups is 2. The zero-order valence-corrected chi connectivity index (χ0v) is 21.0. The third-order valence-electron chi connectivity index (χ3n) is 6.92. The normalized spacial score (nSPS) is 16.7. The number of nitrogens with zero attached hydrogens (tertiary/aromatic N) is 4. The lowest BCUT2D eigenvalue weighted by Gasteiger charge is -2.32. The number of hydrogen-bond donors (Lipinski definition) is 0. The van der Waals surface area contributed by atoms with Crippen LogP contribution in [0.25, 0.3) is 22.2 Å². The molecule has 3 aromatic rings. The third kappa shape index (κ3) is 5.55. The number of allylic oxidation sites excluding steroid dienone is 2. The van der Waals surface area contributed by atoms with Crippen molar-refractivity contribution in [2.24, 2.45) is 5.92 Å². The number of aromatic nitrogens is 3. The molecule has 2 aliphatic rings. The molecule has 1 aliphatic carbocycles. The van der Waals surface area contributed by atoms with E-state index in [1.807, 2.05) is 18.5 Å². The summed E-state index contributed by atoms with van der Waals surface area (Å²) in [6.07, 6.45) is 10.4. The Kier molecular flexibility index (Phi) is 7.04.